The van der Waals surface area contributed by atoms with E-state index >= 15 is 0 Å². The van der Waals surface area contributed by atoms with Crippen molar-refractivity contribution in [3.8, 4) is 0 Å². The quantitative estimate of drug-likeness (QED) is 0.744. The third-order valence-corrected chi connectivity index (χ3v) is 2.35. The van der Waals surface area contributed by atoms with Gasteiger partial charge < -0.3 is 5.73 Å². The largest absolute Gasteiger partial charge is 0.375 e. The van der Waals surface area contributed by atoms with Crippen LogP contribution in [0, 0.1) is 0 Å². The van der Waals surface area contributed by atoms with Gasteiger partial charge in [-0.2, -0.15) is 4.98 Å². The lowest BCUT2D eigenvalue weighted by atomic mass is 10.6. The van der Waals surface area contributed by atoms with Crippen LogP contribution in [-0.2, 0) is 0 Å². The number of nitrogen functional groups attached to an aromatic ring is 1. The van der Waals surface area contributed by atoms with Crippen LogP contribution in [0.5, 0.6) is 0 Å². The first-order valence-electron chi connectivity index (χ1n) is 2.81. The Hall–Kier alpha value is -0.750. The van der Waals surface area contributed by atoms with Gasteiger partial charge in [0, 0.05) is 0 Å². The van der Waals surface area contributed by atoms with Crippen LogP contribution >= 0.6 is 27.3 Å². The summed E-state index contributed by atoms with van der Waals surface area (Å²) in [4.78, 5) is 3.96. The highest BCUT2D eigenvalue weighted by molar-refractivity contribution is 9.10. The smallest absolute Gasteiger partial charge is 0.194 e. The van der Waals surface area contributed by atoms with Crippen molar-refractivity contribution in [1.82, 2.24) is 15.2 Å². The van der Waals surface area contributed by atoms with Gasteiger partial charge in [0.25, 0.3) is 0 Å². The maximum Gasteiger partial charge on any atom is 0.194 e. The molecule has 0 unspecified atom stereocenters. The van der Waals surface area contributed by atoms with Gasteiger partial charge in [-0.1, -0.05) is 11.3 Å². The zero-order valence-corrected chi connectivity index (χ0v) is 7.69. The molecule has 4 nitrogen and oxygen atoms in total. The fourth-order valence-electron chi connectivity index (χ4n) is 0.738. The van der Waals surface area contributed by atoms with E-state index in [9.17, 15) is 0 Å². The van der Waals surface area contributed by atoms with E-state index < -0.39 is 0 Å². The van der Waals surface area contributed by atoms with Crippen LogP contribution in [-0.4, -0.2) is 15.2 Å². The third kappa shape index (κ3) is 1.19. The lowest BCUT2D eigenvalue weighted by Crippen LogP contribution is -1.83. The van der Waals surface area contributed by atoms with E-state index in [1.807, 2.05) is 6.07 Å². The first kappa shape index (κ1) is 6.93. The van der Waals surface area contributed by atoms with E-state index in [0.717, 1.165) is 4.70 Å². The Bertz CT molecular complexity index is 398. The Morgan fingerprint density at radius 1 is 1.45 bits per heavy atom. The molecule has 2 rings (SSSR count). The standard InChI is InChI=1S/C5H3BrN4S/c6-3-1-2-4(10-9-3)8-5(7)11-2/h1H,(H2,7,8,10). The van der Waals surface area contributed by atoms with Gasteiger partial charge in [0.15, 0.2) is 10.8 Å². The molecule has 56 valence electrons. The number of anilines is 1. The van der Waals surface area contributed by atoms with Crippen molar-refractivity contribution in [1.29, 1.82) is 0 Å². The van der Waals surface area contributed by atoms with Gasteiger partial charge in [0.05, 0.1) is 4.70 Å². The minimum Gasteiger partial charge on any atom is -0.375 e. The SMILES string of the molecule is Nc1nc2nnc(Br)cc2s1. The monoisotopic (exact) mass is 230 g/mol. The molecule has 0 saturated heterocycles. The Balaban J connectivity index is 2.82. The number of hydrogen-bond acceptors (Lipinski definition) is 5. The number of rotatable bonds is 0. The van der Waals surface area contributed by atoms with Gasteiger partial charge in [0.1, 0.15) is 4.60 Å². The van der Waals surface area contributed by atoms with Crippen LogP contribution in [0.15, 0.2) is 10.7 Å². The lowest BCUT2D eigenvalue weighted by molar-refractivity contribution is 1.03. The molecular weight excluding hydrogens is 228 g/mol. The van der Waals surface area contributed by atoms with Crippen LogP contribution < -0.4 is 5.73 Å². The zero-order chi connectivity index (χ0) is 7.84. The lowest BCUT2D eigenvalue weighted by Gasteiger charge is -1.84. The fraction of sp³-hybridized carbons (Fsp3) is 0. The maximum atomic E-state index is 5.46. The van der Waals surface area contributed by atoms with Crippen molar-refractivity contribution in [2.75, 3.05) is 5.73 Å². The average molecular weight is 231 g/mol. The van der Waals surface area contributed by atoms with E-state index in [4.69, 9.17) is 5.73 Å². The van der Waals surface area contributed by atoms with Crippen molar-refractivity contribution in [3.05, 3.63) is 10.7 Å². The first-order valence-corrected chi connectivity index (χ1v) is 4.42. The maximum absolute atomic E-state index is 5.46. The summed E-state index contributed by atoms with van der Waals surface area (Å²) in [7, 11) is 0. The fourth-order valence-corrected chi connectivity index (χ4v) is 1.90. The highest BCUT2D eigenvalue weighted by Gasteiger charge is 2.02. The predicted octanol–water partition coefficient (Wildman–Crippen LogP) is 1.43. The molecule has 2 heterocycles. The number of nitrogens with zero attached hydrogens (tertiary/aromatic N) is 3. The summed E-state index contributed by atoms with van der Waals surface area (Å²) in [6.07, 6.45) is 0. The van der Waals surface area contributed by atoms with E-state index in [1.54, 1.807) is 0 Å². The van der Waals surface area contributed by atoms with Gasteiger partial charge in [0.2, 0.25) is 0 Å². The number of fused-ring (bicyclic) bond motifs is 1. The molecule has 0 aliphatic heterocycles. The molecule has 0 aliphatic carbocycles. The zero-order valence-electron chi connectivity index (χ0n) is 5.28. The molecule has 0 amide bonds. The van der Waals surface area contributed by atoms with Crippen LogP contribution in [0.4, 0.5) is 5.13 Å². The molecule has 0 aliphatic rings. The van der Waals surface area contributed by atoms with E-state index in [1.165, 1.54) is 11.3 Å². The summed E-state index contributed by atoms with van der Waals surface area (Å²) in [6, 6.07) is 1.84. The van der Waals surface area contributed by atoms with Crippen LogP contribution in [0.3, 0.4) is 0 Å². The van der Waals surface area contributed by atoms with E-state index in [0.29, 0.717) is 15.4 Å². The number of halogens is 1. The molecule has 0 spiro atoms. The van der Waals surface area contributed by atoms with Gasteiger partial charge in [-0.05, 0) is 22.0 Å². The number of aromatic nitrogens is 3. The number of thiazole rings is 1. The number of hydrogen-bond donors (Lipinski definition) is 1. The molecule has 2 aromatic rings. The summed E-state index contributed by atoms with van der Waals surface area (Å²) in [6.45, 7) is 0. The summed E-state index contributed by atoms with van der Waals surface area (Å²) in [5.74, 6) is 0. The molecule has 0 fully saturated rings. The second kappa shape index (κ2) is 2.38. The van der Waals surface area contributed by atoms with Gasteiger partial charge in [-0.3, -0.25) is 0 Å². The molecule has 0 saturated carbocycles. The van der Waals surface area contributed by atoms with Crippen molar-refractivity contribution < 1.29 is 0 Å². The van der Waals surface area contributed by atoms with E-state index in [2.05, 4.69) is 31.1 Å². The highest BCUT2D eigenvalue weighted by Crippen LogP contribution is 2.22. The normalized spacial score (nSPS) is 10.6. The summed E-state index contributed by atoms with van der Waals surface area (Å²) >= 11 is 4.61. The van der Waals surface area contributed by atoms with Crippen molar-refractivity contribution in [2.24, 2.45) is 0 Å². The molecule has 0 radical (unpaired) electrons. The van der Waals surface area contributed by atoms with Gasteiger partial charge in [-0.15, -0.1) is 10.2 Å². The molecule has 0 aromatic carbocycles. The van der Waals surface area contributed by atoms with Gasteiger partial charge >= 0.3 is 0 Å². The van der Waals surface area contributed by atoms with Crippen molar-refractivity contribution in [2.45, 2.75) is 0 Å². The molecular formula is C5H3BrN4S. The Kier molecular flexibility index (Phi) is 1.50. The van der Waals surface area contributed by atoms with E-state index in [-0.39, 0.29) is 0 Å². The van der Waals surface area contributed by atoms with Crippen LogP contribution in [0.25, 0.3) is 10.3 Å². The van der Waals surface area contributed by atoms with Crippen LogP contribution in [0.2, 0.25) is 0 Å². The highest BCUT2D eigenvalue weighted by atomic mass is 79.9. The summed E-state index contributed by atoms with van der Waals surface area (Å²) in [5, 5.41) is 8.12. The molecule has 2 aromatic heterocycles. The molecule has 11 heavy (non-hydrogen) atoms. The van der Waals surface area contributed by atoms with Crippen molar-refractivity contribution >= 4 is 42.7 Å². The Morgan fingerprint density at radius 3 is 3.09 bits per heavy atom. The molecule has 6 heteroatoms. The molecule has 0 bridgehead atoms. The summed E-state index contributed by atoms with van der Waals surface area (Å²) in [5.41, 5.74) is 6.07. The first-order chi connectivity index (χ1) is 5.25. The average Bonchev–Trinajstić information content (AvgIpc) is 2.27. The Labute approximate surface area is 74.6 Å². The number of nitrogens with two attached hydrogens (primary N) is 1. The van der Waals surface area contributed by atoms with Gasteiger partial charge in [-0.25, -0.2) is 0 Å². The molecule has 0 atom stereocenters. The Morgan fingerprint density at radius 2 is 2.27 bits per heavy atom. The predicted molar refractivity (Wildman–Crippen MR) is 47.3 cm³/mol. The van der Waals surface area contributed by atoms with Crippen molar-refractivity contribution in [3.63, 3.8) is 0 Å². The minimum atomic E-state index is 0.521. The molecule has 2 N–H and O–H groups in total. The van der Waals surface area contributed by atoms with Crippen LogP contribution in [0.1, 0.15) is 0 Å². The second-order valence-corrected chi connectivity index (χ2v) is 3.78. The topological polar surface area (TPSA) is 64.7 Å². The second-order valence-electron chi connectivity index (χ2n) is 1.91. The summed E-state index contributed by atoms with van der Waals surface area (Å²) < 4.78 is 1.65. The third-order valence-electron chi connectivity index (χ3n) is 1.14. The minimum absolute atomic E-state index is 0.521.